The van der Waals surface area contributed by atoms with Gasteiger partial charge in [0.1, 0.15) is 0 Å². The zero-order valence-electron chi connectivity index (χ0n) is 21.6. The molecule has 0 bridgehead atoms. The van der Waals surface area contributed by atoms with Gasteiger partial charge in [-0.3, -0.25) is 14.3 Å². The van der Waals surface area contributed by atoms with Crippen molar-refractivity contribution < 1.29 is 0 Å². The van der Waals surface area contributed by atoms with E-state index in [0.29, 0.717) is 9.55 Å². The van der Waals surface area contributed by atoms with Crippen LogP contribution in [-0.4, -0.2) is 14.1 Å². The van der Waals surface area contributed by atoms with Crippen molar-refractivity contribution in [1.82, 2.24) is 14.1 Å². The number of allylic oxidation sites excluding steroid dienone is 1. The Morgan fingerprint density at radius 3 is 2.64 bits per heavy atom. The molecule has 0 N–H and O–H groups in total. The smallest absolute Gasteiger partial charge is 0.271 e. The number of hydrogen-bond donors (Lipinski definition) is 0. The molecule has 2 aliphatic rings. The first-order chi connectivity index (χ1) is 19.0. The second-order valence-corrected chi connectivity index (χ2v) is 11.5. The number of aryl methyl sites for hydroxylation is 2. The van der Waals surface area contributed by atoms with Crippen molar-refractivity contribution in [2.45, 2.75) is 32.7 Å². The minimum atomic E-state index is -0.216. The second-order valence-electron chi connectivity index (χ2n) is 10.0. The zero-order chi connectivity index (χ0) is 26.7. The first-order valence-electron chi connectivity index (χ1n) is 13.0. The minimum Gasteiger partial charge on any atom is -0.316 e. The Morgan fingerprint density at radius 1 is 1.03 bits per heavy atom. The van der Waals surface area contributed by atoms with Crippen molar-refractivity contribution in [3.8, 4) is 5.69 Å². The van der Waals surface area contributed by atoms with Gasteiger partial charge >= 0.3 is 0 Å². The van der Waals surface area contributed by atoms with Gasteiger partial charge in [-0.05, 0) is 85.4 Å². The van der Waals surface area contributed by atoms with Gasteiger partial charge in [-0.1, -0.05) is 59.3 Å². The molecule has 7 rings (SSSR count). The summed E-state index contributed by atoms with van der Waals surface area (Å²) in [5.41, 5.74) is 9.84. The molecular formula is C32H25ClN4OS. The summed E-state index contributed by atoms with van der Waals surface area (Å²) in [6.07, 6.45) is 7.42. The third kappa shape index (κ3) is 3.94. The molecule has 4 heterocycles. The molecule has 1 aliphatic heterocycles. The number of aromatic nitrogens is 3. The molecule has 1 aliphatic carbocycles. The van der Waals surface area contributed by atoms with Crippen molar-refractivity contribution in [3.63, 3.8) is 0 Å². The summed E-state index contributed by atoms with van der Waals surface area (Å²) < 4.78 is 4.72. The third-order valence-corrected chi connectivity index (χ3v) is 8.95. The van der Waals surface area contributed by atoms with Crippen LogP contribution in [0, 0.1) is 13.8 Å². The predicted octanol–water partition coefficient (Wildman–Crippen LogP) is 5.77. The fourth-order valence-corrected chi connectivity index (χ4v) is 7.04. The fraction of sp³-hybridized carbons (Fsp3) is 0.156. The standard InChI is InChI=1S/C32H25ClN4OS/c1-19-16-23(20(2)36(19)25-7-5-15-34-18-25)17-28-31(38)37-30(22-9-12-24(33)13-10-22)27-14-11-21-6-3-4-8-26(21)29(27)35-32(37)39-28/h3-10,12-13,15-18,30H,11,14H2,1-2H3/b28-17-/t30-/m0/s1. The summed E-state index contributed by atoms with van der Waals surface area (Å²) in [5.74, 6) is 0. The van der Waals surface area contributed by atoms with Gasteiger partial charge in [0.15, 0.2) is 4.80 Å². The molecule has 0 amide bonds. The Balaban J connectivity index is 1.45. The molecule has 2 aromatic carbocycles. The van der Waals surface area contributed by atoms with E-state index in [1.165, 1.54) is 22.5 Å². The maximum Gasteiger partial charge on any atom is 0.271 e. The van der Waals surface area contributed by atoms with Gasteiger partial charge in [0.25, 0.3) is 5.56 Å². The van der Waals surface area contributed by atoms with Crippen LogP contribution in [0.25, 0.3) is 17.5 Å². The topological polar surface area (TPSA) is 52.2 Å². The van der Waals surface area contributed by atoms with E-state index in [1.807, 2.05) is 53.2 Å². The van der Waals surface area contributed by atoms with Gasteiger partial charge in [-0.2, -0.15) is 0 Å². The summed E-state index contributed by atoms with van der Waals surface area (Å²) >= 11 is 7.70. The Kier molecular flexibility index (Phi) is 5.76. The van der Waals surface area contributed by atoms with Crippen molar-refractivity contribution >= 4 is 34.7 Å². The van der Waals surface area contributed by atoms with Crippen LogP contribution in [0.15, 0.2) is 94.5 Å². The lowest BCUT2D eigenvalue weighted by atomic mass is 9.83. The van der Waals surface area contributed by atoms with Crippen LogP contribution in [0.2, 0.25) is 5.02 Å². The number of pyridine rings is 1. The van der Waals surface area contributed by atoms with Crippen molar-refractivity contribution in [1.29, 1.82) is 0 Å². The van der Waals surface area contributed by atoms with Crippen molar-refractivity contribution in [3.05, 3.63) is 143 Å². The number of rotatable bonds is 3. The van der Waals surface area contributed by atoms with Crippen LogP contribution < -0.4 is 14.9 Å². The van der Waals surface area contributed by atoms with Crippen LogP contribution >= 0.6 is 22.9 Å². The van der Waals surface area contributed by atoms with Crippen LogP contribution in [0.1, 0.15) is 46.1 Å². The fourth-order valence-electron chi connectivity index (χ4n) is 5.93. The molecule has 0 radical (unpaired) electrons. The number of fused-ring (bicyclic) bond motifs is 3. The maximum absolute atomic E-state index is 14.1. The molecule has 0 spiro atoms. The van der Waals surface area contributed by atoms with E-state index in [-0.39, 0.29) is 11.6 Å². The number of nitrogens with zero attached hydrogens (tertiary/aromatic N) is 4. The molecule has 1 atom stereocenters. The monoisotopic (exact) mass is 548 g/mol. The van der Waals surface area contributed by atoms with Crippen LogP contribution in [-0.2, 0) is 6.42 Å². The highest BCUT2D eigenvalue weighted by Gasteiger charge is 2.32. The highest BCUT2D eigenvalue weighted by Crippen LogP contribution is 2.41. The molecule has 0 saturated carbocycles. The van der Waals surface area contributed by atoms with Crippen molar-refractivity contribution in [2.75, 3.05) is 0 Å². The summed E-state index contributed by atoms with van der Waals surface area (Å²) in [6.45, 7) is 4.15. The molecule has 0 unspecified atom stereocenters. The molecule has 5 nitrogen and oxygen atoms in total. The Labute approximate surface area is 234 Å². The Bertz CT molecular complexity index is 1960. The molecular weight excluding hydrogens is 524 g/mol. The number of thiazole rings is 1. The maximum atomic E-state index is 14.1. The van der Waals surface area contributed by atoms with Gasteiger partial charge in [-0.15, -0.1) is 0 Å². The molecule has 39 heavy (non-hydrogen) atoms. The van der Waals surface area contributed by atoms with E-state index in [4.69, 9.17) is 16.6 Å². The number of halogens is 1. The average molecular weight is 549 g/mol. The van der Waals surface area contributed by atoms with E-state index in [9.17, 15) is 4.79 Å². The Hall–Kier alpha value is -4.00. The molecule has 7 heteroatoms. The minimum absolute atomic E-state index is 0.0183. The highest BCUT2D eigenvalue weighted by molar-refractivity contribution is 7.07. The van der Waals surface area contributed by atoms with Gasteiger partial charge in [0.2, 0.25) is 0 Å². The highest BCUT2D eigenvalue weighted by atomic mass is 35.5. The van der Waals surface area contributed by atoms with E-state index in [2.05, 4.69) is 53.7 Å². The molecule has 5 aromatic rings. The quantitative estimate of drug-likeness (QED) is 0.287. The van der Waals surface area contributed by atoms with E-state index in [0.717, 1.165) is 57.1 Å². The number of benzene rings is 2. The van der Waals surface area contributed by atoms with Crippen molar-refractivity contribution in [2.24, 2.45) is 4.99 Å². The molecule has 0 fully saturated rings. The molecule has 192 valence electrons. The Morgan fingerprint density at radius 2 is 1.85 bits per heavy atom. The van der Waals surface area contributed by atoms with E-state index >= 15 is 0 Å². The van der Waals surface area contributed by atoms with Crippen LogP contribution in [0.5, 0.6) is 0 Å². The van der Waals surface area contributed by atoms with Crippen LogP contribution in [0.3, 0.4) is 0 Å². The summed E-state index contributed by atoms with van der Waals surface area (Å²) in [6, 6.07) is 22.2. The first kappa shape index (κ1) is 24.1. The van der Waals surface area contributed by atoms with Gasteiger partial charge < -0.3 is 4.57 Å². The molecule has 0 saturated heterocycles. The normalized spacial score (nSPS) is 16.5. The van der Waals surface area contributed by atoms with Gasteiger partial charge in [0, 0.05) is 28.2 Å². The lowest BCUT2D eigenvalue weighted by Gasteiger charge is -2.30. The summed E-state index contributed by atoms with van der Waals surface area (Å²) in [5, 5.41) is 0.679. The average Bonchev–Trinajstić information content (AvgIpc) is 3.42. The largest absolute Gasteiger partial charge is 0.316 e. The van der Waals surface area contributed by atoms with E-state index in [1.54, 1.807) is 6.20 Å². The number of hydrogen-bond acceptors (Lipinski definition) is 4. The predicted molar refractivity (Wildman–Crippen MR) is 157 cm³/mol. The lowest BCUT2D eigenvalue weighted by Crippen LogP contribution is -2.38. The molecule has 3 aromatic heterocycles. The second kappa shape index (κ2) is 9.33. The summed E-state index contributed by atoms with van der Waals surface area (Å²) in [4.78, 5) is 24.2. The lowest BCUT2D eigenvalue weighted by molar-refractivity contribution is 0.585. The van der Waals surface area contributed by atoms with E-state index < -0.39 is 0 Å². The SMILES string of the molecule is Cc1cc(/C=c2\sc3n(c2=O)[C@@H](c2ccc(Cl)cc2)C2=C(N=3)c3ccccc3CC2)c(C)n1-c1cccnc1. The third-order valence-electron chi connectivity index (χ3n) is 7.72. The summed E-state index contributed by atoms with van der Waals surface area (Å²) in [7, 11) is 0. The van der Waals surface area contributed by atoms with Crippen LogP contribution in [0.4, 0.5) is 0 Å². The zero-order valence-corrected chi connectivity index (χ0v) is 23.1. The first-order valence-corrected chi connectivity index (χ1v) is 14.2. The van der Waals surface area contributed by atoms with Gasteiger partial charge in [-0.25, -0.2) is 4.99 Å². The van der Waals surface area contributed by atoms with Gasteiger partial charge in [0.05, 0.1) is 28.2 Å².